The first-order valence-electron chi connectivity index (χ1n) is 4.91. The van der Waals surface area contributed by atoms with Crippen LogP contribution in [0.15, 0.2) is 12.7 Å². The smallest absolute Gasteiger partial charge is 0.0223 e. The van der Waals surface area contributed by atoms with Gasteiger partial charge in [0.15, 0.2) is 0 Å². The molecule has 0 aromatic carbocycles. The average molecular weight is 189 g/mol. The second-order valence-electron chi connectivity index (χ2n) is 3.49. The molecule has 0 heterocycles. The summed E-state index contributed by atoms with van der Waals surface area (Å²) in [5.74, 6) is 0.791. The molecule has 72 valence electrons. The summed E-state index contributed by atoms with van der Waals surface area (Å²) in [6.07, 6.45) is 8.05. The second-order valence-corrected chi connectivity index (χ2v) is 3.87. The molecule has 0 aromatic heterocycles. The van der Waals surface area contributed by atoms with Gasteiger partial charge in [-0.1, -0.05) is 32.8 Å². The van der Waals surface area contributed by atoms with Crippen molar-refractivity contribution in [3.8, 4) is 0 Å². The van der Waals surface area contributed by atoms with Crippen LogP contribution in [0.2, 0.25) is 0 Å². The third kappa shape index (κ3) is 3.62. The molecule has 0 aliphatic rings. The van der Waals surface area contributed by atoms with Gasteiger partial charge in [0, 0.05) is 5.88 Å². The number of hydrogen-bond donors (Lipinski definition) is 0. The van der Waals surface area contributed by atoms with Gasteiger partial charge in [0.05, 0.1) is 0 Å². The van der Waals surface area contributed by atoms with Crippen LogP contribution in [-0.4, -0.2) is 5.88 Å². The molecule has 0 spiro atoms. The molecule has 0 saturated carbocycles. The van der Waals surface area contributed by atoms with Crippen LogP contribution >= 0.6 is 11.6 Å². The number of hydrogen-bond acceptors (Lipinski definition) is 0. The van der Waals surface area contributed by atoms with Crippen molar-refractivity contribution < 1.29 is 0 Å². The topological polar surface area (TPSA) is 0 Å². The van der Waals surface area contributed by atoms with E-state index >= 15 is 0 Å². The van der Waals surface area contributed by atoms with Gasteiger partial charge in [-0.05, 0) is 24.7 Å². The molecule has 0 rings (SSSR count). The predicted molar refractivity (Wildman–Crippen MR) is 57.8 cm³/mol. The maximum atomic E-state index is 5.70. The van der Waals surface area contributed by atoms with Crippen LogP contribution in [0, 0.1) is 5.41 Å². The SMILES string of the molecule is C=CCC(CC)(CC)CCCCl. The minimum Gasteiger partial charge on any atom is -0.127 e. The van der Waals surface area contributed by atoms with E-state index in [1.165, 1.54) is 19.3 Å². The Morgan fingerprint density at radius 2 is 1.92 bits per heavy atom. The number of allylic oxidation sites excluding steroid dienone is 1. The van der Waals surface area contributed by atoms with E-state index in [0.29, 0.717) is 5.41 Å². The van der Waals surface area contributed by atoms with Crippen LogP contribution in [0.1, 0.15) is 46.0 Å². The highest BCUT2D eigenvalue weighted by molar-refractivity contribution is 6.17. The lowest BCUT2D eigenvalue weighted by molar-refractivity contribution is 0.240. The zero-order chi connectivity index (χ0) is 9.45. The minimum absolute atomic E-state index is 0.483. The lowest BCUT2D eigenvalue weighted by atomic mass is 9.76. The lowest BCUT2D eigenvalue weighted by Crippen LogP contribution is -2.18. The van der Waals surface area contributed by atoms with Gasteiger partial charge in [0.1, 0.15) is 0 Å². The Balaban J connectivity index is 4.03. The van der Waals surface area contributed by atoms with Crippen molar-refractivity contribution in [3.05, 3.63) is 12.7 Å². The average Bonchev–Trinajstić information content (AvgIpc) is 2.13. The Morgan fingerprint density at radius 1 is 1.33 bits per heavy atom. The Hall–Kier alpha value is 0.0300. The van der Waals surface area contributed by atoms with Crippen molar-refractivity contribution >= 4 is 11.6 Å². The molecule has 0 N–H and O–H groups in total. The summed E-state index contributed by atoms with van der Waals surface area (Å²) in [6.45, 7) is 8.35. The molecule has 0 unspecified atom stereocenters. The molecule has 1 heteroatoms. The summed E-state index contributed by atoms with van der Waals surface area (Å²) in [6, 6.07) is 0. The van der Waals surface area contributed by atoms with E-state index in [2.05, 4.69) is 20.4 Å². The Labute approximate surface area is 82.0 Å². The highest BCUT2D eigenvalue weighted by Crippen LogP contribution is 2.36. The summed E-state index contributed by atoms with van der Waals surface area (Å²) < 4.78 is 0. The van der Waals surface area contributed by atoms with Gasteiger partial charge in [-0.25, -0.2) is 0 Å². The summed E-state index contributed by atoms with van der Waals surface area (Å²) in [5.41, 5.74) is 0.483. The fourth-order valence-electron chi connectivity index (χ4n) is 1.74. The van der Waals surface area contributed by atoms with Crippen molar-refractivity contribution in [2.24, 2.45) is 5.41 Å². The second kappa shape index (κ2) is 6.54. The van der Waals surface area contributed by atoms with Gasteiger partial charge in [0.25, 0.3) is 0 Å². The summed E-state index contributed by atoms with van der Waals surface area (Å²) in [4.78, 5) is 0. The van der Waals surface area contributed by atoms with Crippen molar-refractivity contribution in [1.82, 2.24) is 0 Å². The normalized spacial score (nSPS) is 11.6. The standard InChI is InChI=1S/C11H21Cl/c1-4-8-11(5-2,6-3)9-7-10-12/h4H,1,5-10H2,2-3H3. The van der Waals surface area contributed by atoms with Crippen molar-refractivity contribution in [3.63, 3.8) is 0 Å². The molecule has 0 saturated heterocycles. The van der Waals surface area contributed by atoms with Gasteiger partial charge in [-0.15, -0.1) is 18.2 Å². The third-order valence-electron chi connectivity index (χ3n) is 2.92. The first kappa shape index (κ1) is 12.0. The molecule has 0 nitrogen and oxygen atoms in total. The molecule has 0 aliphatic carbocycles. The van der Waals surface area contributed by atoms with Gasteiger partial charge in [0.2, 0.25) is 0 Å². The zero-order valence-corrected chi connectivity index (χ0v) is 9.16. The number of halogens is 1. The van der Waals surface area contributed by atoms with Crippen LogP contribution in [0.25, 0.3) is 0 Å². The Morgan fingerprint density at radius 3 is 2.25 bits per heavy atom. The first-order chi connectivity index (χ1) is 5.74. The van der Waals surface area contributed by atoms with Crippen LogP contribution in [0.3, 0.4) is 0 Å². The van der Waals surface area contributed by atoms with Crippen molar-refractivity contribution in [2.45, 2.75) is 46.0 Å². The maximum Gasteiger partial charge on any atom is 0.0223 e. The molecule has 0 amide bonds. The van der Waals surface area contributed by atoms with E-state index in [-0.39, 0.29) is 0 Å². The van der Waals surface area contributed by atoms with E-state index in [0.717, 1.165) is 18.7 Å². The Bertz CT molecular complexity index is 114. The van der Waals surface area contributed by atoms with Gasteiger partial charge >= 0.3 is 0 Å². The van der Waals surface area contributed by atoms with E-state index in [4.69, 9.17) is 11.6 Å². The number of alkyl halides is 1. The predicted octanol–water partition coefficient (Wildman–Crippen LogP) is 4.39. The lowest BCUT2D eigenvalue weighted by Gasteiger charge is -2.30. The van der Waals surface area contributed by atoms with E-state index < -0.39 is 0 Å². The van der Waals surface area contributed by atoms with Crippen LogP contribution < -0.4 is 0 Å². The molecule has 12 heavy (non-hydrogen) atoms. The van der Waals surface area contributed by atoms with Crippen LogP contribution in [-0.2, 0) is 0 Å². The summed E-state index contributed by atoms with van der Waals surface area (Å²) in [7, 11) is 0. The highest BCUT2D eigenvalue weighted by Gasteiger charge is 2.23. The molecule has 0 atom stereocenters. The maximum absolute atomic E-state index is 5.70. The van der Waals surface area contributed by atoms with Crippen molar-refractivity contribution in [1.29, 1.82) is 0 Å². The molecule has 0 radical (unpaired) electrons. The van der Waals surface area contributed by atoms with Crippen LogP contribution in [0.5, 0.6) is 0 Å². The molecular weight excluding hydrogens is 168 g/mol. The third-order valence-corrected chi connectivity index (χ3v) is 3.19. The van der Waals surface area contributed by atoms with Crippen molar-refractivity contribution in [2.75, 3.05) is 5.88 Å². The quantitative estimate of drug-likeness (QED) is 0.411. The summed E-state index contributed by atoms with van der Waals surface area (Å²) >= 11 is 5.70. The van der Waals surface area contributed by atoms with Crippen LogP contribution in [0.4, 0.5) is 0 Å². The van der Waals surface area contributed by atoms with E-state index in [1.807, 2.05) is 6.08 Å². The van der Waals surface area contributed by atoms with Gasteiger partial charge < -0.3 is 0 Å². The molecular formula is C11H21Cl. The monoisotopic (exact) mass is 188 g/mol. The highest BCUT2D eigenvalue weighted by atomic mass is 35.5. The molecule has 0 aliphatic heterocycles. The van der Waals surface area contributed by atoms with E-state index in [9.17, 15) is 0 Å². The van der Waals surface area contributed by atoms with Gasteiger partial charge in [-0.2, -0.15) is 0 Å². The first-order valence-corrected chi connectivity index (χ1v) is 5.45. The largest absolute Gasteiger partial charge is 0.127 e. The minimum atomic E-state index is 0.483. The molecule has 0 fully saturated rings. The fraction of sp³-hybridized carbons (Fsp3) is 0.818. The zero-order valence-electron chi connectivity index (χ0n) is 8.41. The fourth-order valence-corrected chi connectivity index (χ4v) is 1.88. The molecule has 0 aromatic rings. The number of rotatable bonds is 7. The molecule has 0 bridgehead atoms. The van der Waals surface area contributed by atoms with E-state index in [1.54, 1.807) is 0 Å². The summed E-state index contributed by atoms with van der Waals surface area (Å²) in [5, 5.41) is 0. The van der Waals surface area contributed by atoms with Gasteiger partial charge in [-0.3, -0.25) is 0 Å². The Kier molecular flexibility index (Phi) is 6.55.